The van der Waals surface area contributed by atoms with Crippen LogP contribution in [0, 0.1) is 10.9 Å². The molecule has 0 aliphatic heterocycles. The first-order valence-electron chi connectivity index (χ1n) is 5.71. The number of rotatable bonds is 4. The predicted octanol–water partition coefficient (Wildman–Crippen LogP) is 3.92. The van der Waals surface area contributed by atoms with E-state index in [-0.39, 0.29) is 12.6 Å². The topological polar surface area (TPSA) is 31.2 Å². The van der Waals surface area contributed by atoms with Crippen LogP contribution in [0.1, 0.15) is 15.4 Å². The summed E-state index contributed by atoms with van der Waals surface area (Å²) in [5.41, 5.74) is 1.75. The lowest BCUT2D eigenvalue weighted by Crippen LogP contribution is -2.06. The molecule has 0 bridgehead atoms. The third kappa shape index (κ3) is 2.83. The molecule has 0 atom stereocenters. The minimum Gasteiger partial charge on any atom is -0.457 e. The van der Waals surface area contributed by atoms with E-state index >= 15 is 0 Å². The first-order chi connectivity index (χ1) is 9.15. The van der Waals surface area contributed by atoms with Crippen LogP contribution < -0.4 is 0 Å². The minimum absolute atomic E-state index is 0.203. The summed E-state index contributed by atoms with van der Waals surface area (Å²) >= 11 is 6.59. The van der Waals surface area contributed by atoms with E-state index in [4.69, 9.17) is 17.0 Å². The van der Waals surface area contributed by atoms with Crippen LogP contribution in [0.2, 0.25) is 0 Å². The Morgan fingerprint density at radius 2 is 2.16 bits per heavy atom. The van der Waals surface area contributed by atoms with Gasteiger partial charge in [-0.25, -0.2) is 4.79 Å². The van der Waals surface area contributed by atoms with E-state index in [1.807, 2.05) is 41.8 Å². The normalized spacial score (nSPS) is 10.2. The highest BCUT2D eigenvalue weighted by molar-refractivity contribution is 7.73. The molecule has 0 aliphatic carbocycles. The van der Waals surface area contributed by atoms with Gasteiger partial charge in [0.1, 0.15) is 11.5 Å². The van der Waals surface area contributed by atoms with E-state index in [2.05, 4.69) is 6.58 Å². The molecule has 2 rings (SSSR count). The fraction of sp³-hybridized carbons (Fsp3) is 0.143. The molecule has 0 spiro atoms. The van der Waals surface area contributed by atoms with E-state index < -0.39 is 0 Å². The van der Waals surface area contributed by atoms with E-state index in [0.29, 0.717) is 8.83 Å². The number of nitrogens with zero attached hydrogens (tertiary/aromatic N) is 1. The van der Waals surface area contributed by atoms with Gasteiger partial charge >= 0.3 is 5.97 Å². The Morgan fingerprint density at radius 3 is 2.79 bits per heavy atom. The van der Waals surface area contributed by atoms with E-state index in [9.17, 15) is 4.79 Å². The summed E-state index contributed by atoms with van der Waals surface area (Å²) in [6, 6.07) is 9.71. The Kier molecular flexibility index (Phi) is 4.29. The average molecular weight is 291 g/mol. The summed E-state index contributed by atoms with van der Waals surface area (Å²) in [5.74, 6) is -0.358. The summed E-state index contributed by atoms with van der Waals surface area (Å²) in [6.07, 6.45) is 1.54. The molecule has 1 aromatic carbocycles. The number of hydrogen-bond acceptors (Lipinski definition) is 4. The zero-order valence-corrected chi connectivity index (χ0v) is 12.1. The highest BCUT2D eigenvalue weighted by Crippen LogP contribution is 2.24. The molecule has 98 valence electrons. The molecule has 0 amide bonds. The third-order valence-electron chi connectivity index (χ3n) is 2.57. The molecule has 3 nitrogen and oxygen atoms in total. The van der Waals surface area contributed by atoms with Crippen molar-refractivity contribution in [2.45, 2.75) is 6.92 Å². The van der Waals surface area contributed by atoms with Gasteiger partial charge in [-0.3, -0.25) is 4.57 Å². The Bertz CT molecular complexity index is 656. The van der Waals surface area contributed by atoms with Crippen LogP contribution in [-0.2, 0) is 4.74 Å². The van der Waals surface area contributed by atoms with Gasteiger partial charge in [0.05, 0.1) is 0 Å². The molecule has 0 fully saturated rings. The van der Waals surface area contributed by atoms with Crippen molar-refractivity contribution in [3.05, 3.63) is 57.5 Å². The lowest BCUT2D eigenvalue weighted by Gasteiger charge is -2.06. The summed E-state index contributed by atoms with van der Waals surface area (Å²) in [7, 11) is 0. The van der Waals surface area contributed by atoms with Gasteiger partial charge in [0.15, 0.2) is 3.95 Å². The Morgan fingerprint density at radius 1 is 1.47 bits per heavy atom. The van der Waals surface area contributed by atoms with Crippen LogP contribution >= 0.6 is 23.6 Å². The highest BCUT2D eigenvalue weighted by atomic mass is 32.1. The number of benzene rings is 1. The van der Waals surface area contributed by atoms with Gasteiger partial charge in [-0.05, 0) is 31.3 Å². The van der Waals surface area contributed by atoms with Gasteiger partial charge in [0, 0.05) is 11.4 Å². The molecule has 0 radical (unpaired) electrons. The molecule has 0 aliphatic rings. The van der Waals surface area contributed by atoms with Crippen LogP contribution in [0.5, 0.6) is 0 Å². The highest BCUT2D eigenvalue weighted by Gasteiger charge is 2.17. The second kappa shape index (κ2) is 5.95. The summed E-state index contributed by atoms with van der Waals surface area (Å²) in [6.45, 7) is 5.59. The molecular weight excluding hydrogens is 278 g/mol. The van der Waals surface area contributed by atoms with Crippen molar-refractivity contribution < 1.29 is 9.53 Å². The molecular formula is C14H13NO2S2. The second-order valence-corrected chi connectivity index (χ2v) is 5.48. The Hall–Kier alpha value is -1.72. The molecule has 0 N–H and O–H groups in total. The fourth-order valence-corrected chi connectivity index (χ4v) is 3.09. The number of carbonyl (C=O) groups is 1. The number of carbonyl (C=O) groups excluding carboxylic acids is 1. The maximum absolute atomic E-state index is 11.9. The minimum atomic E-state index is -0.358. The monoisotopic (exact) mass is 291 g/mol. The van der Waals surface area contributed by atoms with Crippen molar-refractivity contribution in [3.8, 4) is 5.69 Å². The van der Waals surface area contributed by atoms with Crippen molar-refractivity contribution in [2.24, 2.45) is 0 Å². The predicted molar refractivity (Wildman–Crippen MR) is 79.7 cm³/mol. The first kappa shape index (κ1) is 13.7. The molecule has 2 aromatic rings. The van der Waals surface area contributed by atoms with Crippen LogP contribution in [-0.4, -0.2) is 17.1 Å². The Balaban J connectivity index is 2.44. The number of ether oxygens (including phenoxy) is 1. The SMILES string of the molecule is C=CCOC(=O)c1sc(=S)n(-c2ccccc2)c1C. The Labute approximate surface area is 120 Å². The van der Waals surface area contributed by atoms with Crippen LogP contribution in [0.4, 0.5) is 0 Å². The zero-order valence-electron chi connectivity index (χ0n) is 10.5. The molecule has 0 saturated heterocycles. The largest absolute Gasteiger partial charge is 0.457 e. The van der Waals surface area contributed by atoms with Crippen molar-refractivity contribution in [1.82, 2.24) is 4.57 Å². The van der Waals surface area contributed by atoms with E-state index in [1.165, 1.54) is 11.3 Å². The van der Waals surface area contributed by atoms with Gasteiger partial charge in [-0.15, -0.1) is 0 Å². The molecule has 1 heterocycles. The van der Waals surface area contributed by atoms with Crippen molar-refractivity contribution in [2.75, 3.05) is 6.61 Å². The lowest BCUT2D eigenvalue weighted by molar-refractivity contribution is 0.0554. The maximum atomic E-state index is 11.9. The van der Waals surface area contributed by atoms with Gasteiger partial charge in [-0.1, -0.05) is 42.2 Å². The number of esters is 1. The maximum Gasteiger partial charge on any atom is 0.350 e. The first-order valence-corrected chi connectivity index (χ1v) is 6.93. The molecule has 1 aromatic heterocycles. The van der Waals surface area contributed by atoms with Crippen molar-refractivity contribution in [1.29, 1.82) is 0 Å². The van der Waals surface area contributed by atoms with Gasteiger partial charge in [0.25, 0.3) is 0 Å². The van der Waals surface area contributed by atoms with Crippen molar-refractivity contribution in [3.63, 3.8) is 0 Å². The smallest absolute Gasteiger partial charge is 0.350 e. The van der Waals surface area contributed by atoms with Crippen LogP contribution in [0.25, 0.3) is 5.69 Å². The quantitative estimate of drug-likeness (QED) is 0.486. The summed E-state index contributed by atoms with van der Waals surface area (Å²) in [5, 5.41) is 0. The third-order valence-corrected chi connectivity index (χ3v) is 4.02. The van der Waals surface area contributed by atoms with Crippen LogP contribution in [0.3, 0.4) is 0 Å². The van der Waals surface area contributed by atoms with Gasteiger partial charge in [-0.2, -0.15) is 0 Å². The van der Waals surface area contributed by atoms with Gasteiger partial charge in [0.2, 0.25) is 0 Å². The standard InChI is InChI=1S/C14H13NO2S2/c1-3-9-17-13(16)12-10(2)15(14(18)19-12)11-7-5-4-6-8-11/h3-8H,1,9H2,2H3. The molecule has 19 heavy (non-hydrogen) atoms. The average Bonchev–Trinajstić information content (AvgIpc) is 2.72. The second-order valence-electron chi connectivity index (χ2n) is 3.84. The van der Waals surface area contributed by atoms with Gasteiger partial charge < -0.3 is 4.74 Å². The number of thiazole rings is 1. The van der Waals surface area contributed by atoms with E-state index in [1.54, 1.807) is 6.08 Å². The van der Waals surface area contributed by atoms with Crippen LogP contribution in [0.15, 0.2) is 43.0 Å². The zero-order chi connectivity index (χ0) is 13.8. The fourth-order valence-electron chi connectivity index (χ4n) is 1.71. The number of para-hydroxylation sites is 1. The summed E-state index contributed by atoms with van der Waals surface area (Å²) in [4.78, 5) is 12.4. The van der Waals surface area contributed by atoms with Crippen molar-refractivity contribution >= 4 is 29.5 Å². The van der Waals surface area contributed by atoms with E-state index in [0.717, 1.165) is 11.4 Å². The number of aromatic nitrogens is 1. The lowest BCUT2D eigenvalue weighted by atomic mass is 10.3. The number of hydrogen-bond donors (Lipinski definition) is 0. The summed E-state index contributed by atoms with van der Waals surface area (Å²) < 4.78 is 7.57. The molecule has 5 heteroatoms. The molecule has 0 saturated carbocycles. The molecule has 0 unspecified atom stereocenters.